The van der Waals surface area contributed by atoms with E-state index in [0.717, 1.165) is 11.0 Å². The first-order valence-electron chi connectivity index (χ1n) is 6.04. The van der Waals surface area contributed by atoms with Crippen molar-refractivity contribution in [3.8, 4) is 0 Å². The minimum absolute atomic E-state index is 0.0879. The summed E-state index contributed by atoms with van der Waals surface area (Å²) in [4.78, 5) is 19.4. The predicted octanol–water partition coefficient (Wildman–Crippen LogP) is 1.35. The lowest BCUT2D eigenvalue weighted by atomic mass is 10.2. The Morgan fingerprint density at radius 1 is 1.40 bits per heavy atom. The molecule has 2 aromatic heterocycles. The van der Waals surface area contributed by atoms with Gasteiger partial charge < -0.3 is 10.8 Å². The maximum Gasteiger partial charge on any atom is 0.214 e. The van der Waals surface area contributed by atoms with Crippen LogP contribution in [0.2, 0.25) is 0 Å². The molecular weight excluding hydrogens is 276 g/mol. The molecule has 0 unspecified atom stereocenters. The van der Waals surface area contributed by atoms with Gasteiger partial charge in [0.25, 0.3) is 0 Å². The highest BCUT2D eigenvalue weighted by Crippen LogP contribution is 2.12. The third kappa shape index (κ3) is 2.21. The van der Waals surface area contributed by atoms with Crippen molar-refractivity contribution in [3.05, 3.63) is 40.7 Å². The second-order valence-corrected chi connectivity index (χ2v) is 4.73. The average Bonchev–Trinajstić information content (AvgIpc) is 3.02. The number of H-pyrrole nitrogens is 2. The van der Waals surface area contributed by atoms with Crippen LogP contribution in [0.1, 0.15) is 22.9 Å². The molecule has 0 atom stereocenters. The number of para-hydroxylation sites is 2. The Bertz CT molecular complexity index is 797. The number of rotatable bonds is 4. The Hall–Kier alpha value is -2.48. The molecule has 0 aliphatic heterocycles. The number of benzene rings is 1. The number of hydrogen-bond acceptors (Lipinski definition) is 5. The Labute approximate surface area is 118 Å². The van der Waals surface area contributed by atoms with Gasteiger partial charge in [-0.3, -0.25) is 9.89 Å². The Balaban J connectivity index is 1.76. The fourth-order valence-electron chi connectivity index (χ4n) is 1.94. The van der Waals surface area contributed by atoms with Crippen molar-refractivity contribution in [1.29, 1.82) is 0 Å². The molecule has 0 aliphatic carbocycles. The summed E-state index contributed by atoms with van der Waals surface area (Å²) in [5, 5.41) is 6.54. The zero-order valence-electron chi connectivity index (χ0n) is 10.5. The van der Waals surface area contributed by atoms with Crippen molar-refractivity contribution in [2.75, 3.05) is 5.84 Å². The topological polar surface area (TPSA) is 105 Å². The lowest BCUT2D eigenvalue weighted by Crippen LogP contribution is -2.14. The number of carbonyl (C=O) groups is 1. The van der Waals surface area contributed by atoms with Crippen LogP contribution >= 0.6 is 12.2 Å². The number of hydrogen-bond donors (Lipinski definition) is 3. The largest absolute Gasteiger partial charge is 0.335 e. The van der Waals surface area contributed by atoms with Gasteiger partial charge in [0.15, 0.2) is 17.4 Å². The van der Waals surface area contributed by atoms with E-state index in [0.29, 0.717) is 22.8 Å². The number of carbonyl (C=O) groups excluding carboxylic acids is 1. The Morgan fingerprint density at radius 2 is 2.20 bits per heavy atom. The molecule has 3 rings (SSSR count). The molecule has 0 bridgehead atoms. The third-order valence-corrected chi connectivity index (χ3v) is 3.29. The number of nitrogens with two attached hydrogens (primary N) is 1. The first-order valence-corrected chi connectivity index (χ1v) is 6.45. The smallest absolute Gasteiger partial charge is 0.214 e. The van der Waals surface area contributed by atoms with E-state index in [9.17, 15) is 4.79 Å². The zero-order valence-corrected chi connectivity index (χ0v) is 11.3. The minimum atomic E-state index is -0.0879. The summed E-state index contributed by atoms with van der Waals surface area (Å²) in [6.45, 7) is 0. The van der Waals surface area contributed by atoms with E-state index < -0.39 is 0 Å². The Morgan fingerprint density at radius 3 is 2.90 bits per heavy atom. The van der Waals surface area contributed by atoms with Crippen LogP contribution in [0.15, 0.2) is 24.3 Å². The van der Waals surface area contributed by atoms with E-state index in [1.807, 2.05) is 24.3 Å². The van der Waals surface area contributed by atoms with Gasteiger partial charge in [0, 0.05) is 12.8 Å². The van der Waals surface area contributed by atoms with Gasteiger partial charge in [0.05, 0.1) is 11.0 Å². The van der Waals surface area contributed by atoms with Crippen molar-refractivity contribution in [3.63, 3.8) is 0 Å². The molecule has 1 aromatic carbocycles. The second kappa shape index (κ2) is 4.89. The van der Waals surface area contributed by atoms with Crippen molar-refractivity contribution >= 4 is 29.0 Å². The molecule has 0 spiro atoms. The SMILES string of the molecule is Nn1c(CCC(=O)c2nc3ccccc3[nH]2)n[nH]c1=S. The number of aromatic nitrogens is 5. The highest BCUT2D eigenvalue weighted by Gasteiger charge is 2.13. The number of fused-ring (bicyclic) bond motifs is 1. The van der Waals surface area contributed by atoms with Crippen LogP contribution in [-0.4, -0.2) is 30.6 Å². The number of nitrogens with zero attached hydrogens (tertiary/aromatic N) is 3. The van der Waals surface area contributed by atoms with Crippen LogP contribution in [0, 0.1) is 4.77 Å². The quantitative estimate of drug-likeness (QED) is 0.382. The summed E-state index contributed by atoms with van der Waals surface area (Å²) in [6, 6.07) is 7.50. The van der Waals surface area contributed by atoms with Crippen LogP contribution in [0.5, 0.6) is 0 Å². The molecule has 0 saturated carbocycles. The second-order valence-electron chi connectivity index (χ2n) is 4.34. The Kier molecular flexibility index (Phi) is 3.07. The number of nitrogen functional groups attached to an aromatic ring is 1. The molecule has 0 aliphatic rings. The average molecular weight is 288 g/mol. The molecule has 0 amide bonds. The molecule has 8 heteroatoms. The van der Waals surface area contributed by atoms with E-state index in [1.165, 1.54) is 4.68 Å². The normalized spacial score (nSPS) is 11.0. The van der Waals surface area contributed by atoms with Crippen molar-refractivity contribution in [1.82, 2.24) is 24.8 Å². The summed E-state index contributed by atoms with van der Waals surface area (Å²) < 4.78 is 1.59. The standard InChI is InChI=1S/C12H12N6OS/c13-18-10(16-17-12(18)20)6-5-9(19)11-14-7-3-1-2-4-8(7)15-11/h1-4H,5-6,13H2,(H,14,15)(H,17,20). The van der Waals surface area contributed by atoms with E-state index in [1.54, 1.807) is 0 Å². The zero-order chi connectivity index (χ0) is 14.1. The number of imidazole rings is 1. The lowest BCUT2D eigenvalue weighted by Gasteiger charge is -1.98. The van der Waals surface area contributed by atoms with Gasteiger partial charge in [-0.25, -0.2) is 9.66 Å². The van der Waals surface area contributed by atoms with Crippen molar-refractivity contribution in [2.45, 2.75) is 12.8 Å². The molecule has 0 radical (unpaired) electrons. The summed E-state index contributed by atoms with van der Waals surface area (Å²) >= 11 is 4.91. The molecule has 0 fully saturated rings. The van der Waals surface area contributed by atoms with Gasteiger partial charge in [-0.1, -0.05) is 12.1 Å². The number of aryl methyl sites for hydroxylation is 1. The van der Waals surface area contributed by atoms with Gasteiger partial charge in [-0.15, -0.1) is 0 Å². The monoisotopic (exact) mass is 288 g/mol. The van der Waals surface area contributed by atoms with Crippen LogP contribution in [0.3, 0.4) is 0 Å². The van der Waals surface area contributed by atoms with Crippen LogP contribution in [-0.2, 0) is 6.42 Å². The molecular formula is C12H12N6OS. The third-order valence-electron chi connectivity index (χ3n) is 3.01. The fourth-order valence-corrected chi connectivity index (χ4v) is 2.09. The predicted molar refractivity (Wildman–Crippen MR) is 76.3 cm³/mol. The van der Waals surface area contributed by atoms with Crippen LogP contribution in [0.25, 0.3) is 11.0 Å². The van der Waals surface area contributed by atoms with Gasteiger partial charge in [0.1, 0.15) is 0 Å². The first-order chi connectivity index (χ1) is 9.65. The minimum Gasteiger partial charge on any atom is -0.335 e. The molecule has 0 saturated heterocycles. The first kappa shape index (κ1) is 12.5. The van der Waals surface area contributed by atoms with Gasteiger partial charge in [-0.05, 0) is 24.4 Å². The van der Waals surface area contributed by atoms with E-state index in [-0.39, 0.29) is 12.2 Å². The maximum atomic E-state index is 12.1. The lowest BCUT2D eigenvalue weighted by molar-refractivity contribution is 0.0973. The number of Topliss-reactive ketones (excluding diaryl/α,β-unsaturated/α-hetero) is 1. The summed E-state index contributed by atoms with van der Waals surface area (Å²) in [5.41, 5.74) is 1.62. The van der Waals surface area contributed by atoms with E-state index >= 15 is 0 Å². The number of ketones is 1. The van der Waals surface area contributed by atoms with E-state index in [4.69, 9.17) is 18.1 Å². The van der Waals surface area contributed by atoms with Gasteiger partial charge in [-0.2, -0.15) is 5.10 Å². The van der Waals surface area contributed by atoms with Crippen molar-refractivity contribution < 1.29 is 4.79 Å². The summed E-state index contributed by atoms with van der Waals surface area (Å²) in [7, 11) is 0. The van der Waals surface area contributed by atoms with Gasteiger partial charge >= 0.3 is 0 Å². The molecule has 7 nitrogen and oxygen atoms in total. The molecule has 4 N–H and O–H groups in total. The molecule has 3 aromatic rings. The fraction of sp³-hybridized carbons (Fsp3) is 0.167. The molecule has 20 heavy (non-hydrogen) atoms. The summed E-state index contributed by atoms with van der Waals surface area (Å²) in [6.07, 6.45) is 0.663. The summed E-state index contributed by atoms with van der Waals surface area (Å²) in [5.74, 6) is 6.48. The molecule has 2 heterocycles. The van der Waals surface area contributed by atoms with Crippen LogP contribution < -0.4 is 5.84 Å². The van der Waals surface area contributed by atoms with Gasteiger partial charge in [0.2, 0.25) is 4.77 Å². The van der Waals surface area contributed by atoms with Crippen molar-refractivity contribution in [2.24, 2.45) is 0 Å². The van der Waals surface area contributed by atoms with E-state index in [2.05, 4.69) is 20.2 Å². The molecule has 102 valence electrons. The number of nitrogens with one attached hydrogen (secondary N) is 2. The number of aromatic amines is 2. The highest BCUT2D eigenvalue weighted by atomic mass is 32.1. The van der Waals surface area contributed by atoms with Crippen LogP contribution in [0.4, 0.5) is 0 Å². The highest BCUT2D eigenvalue weighted by molar-refractivity contribution is 7.71. The maximum absolute atomic E-state index is 12.1.